The zero-order valence-electron chi connectivity index (χ0n) is 14.9. The summed E-state index contributed by atoms with van der Waals surface area (Å²) < 4.78 is 0. The molecule has 2 rings (SSSR count). The van der Waals surface area contributed by atoms with Gasteiger partial charge in [-0.1, -0.05) is 49.7 Å². The Morgan fingerprint density at radius 1 is 1.09 bits per heavy atom. The molecular weight excluding hydrogens is 282 g/mol. The highest BCUT2D eigenvalue weighted by molar-refractivity contribution is 5.63. The van der Waals surface area contributed by atoms with Gasteiger partial charge in [0.05, 0.1) is 12.7 Å². The predicted molar refractivity (Wildman–Crippen MR) is 99.7 cm³/mol. The number of rotatable bonds is 6. The van der Waals surface area contributed by atoms with Crippen LogP contribution >= 0.6 is 0 Å². The highest BCUT2D eigenvalue weighted by Crippen LogP contribution is 2.30. The number of nitrogens with zero attached hydrogens (tertiary/aromatic N) is 2. The van der Waals surface area contributed by atoms with Crippen LogP contribution in [0.15, 0.2) is 53.6 Å². The van der Waals surface area contributed by atoms with E-state index in [1.54, 1.807) is 0 Å². The Morgan fingerprint density at radius 2 is 1.74 bits per heavy atom. The molecule has 3 heteroatoms. The molecule has 3 nitrogen and oxygen atoms in total. The Hall–Kier alpha value is -2.13. The topological polar surface area (TPSA) is 32.2 Å². The van der Waals surface area contributed by atoms with Gasteiger partial charge in [-0.3, -0.25) is 5.01 Å². The largest absolute Gasteiger partial charge is 0.316 e. The first-order chi connectivity index (χ1) is 10.9. The lowest BCUT2D eigenvalue weighted by molar-refractivity contribution is -0.540. The van der Waals surface area contributed by atoms with Gasteiger partial charge in [0.2, 0.25) is 0 Å². The number of benzene rings is 2. The van der Waals surface area contributed by atoms with Crippen LogP contribution in [-0.2, 0) is 5.41 Å². The summed E-state index contributed by atoms with van der Waals surface area (Å²) in [4.78, 5) is 0. The van der Waals surface area contributed by atoms with Crippen molar-refractivity contribution in [3.63, 3.8) is 0 Å². The van der Waals surface area contributed by atoms with Crippen LogP contribution in [0.5, 0.6) is 0 Å². The summed E-state index contributed by atoms with van der Waals surface area (Å²) in [6.45, 7) is 6.64. The summed E-state index contributed by atoms with van der Waals surface area (Å²) in [5.41, 5.74) is 5.09. The summed E-state index contributed by atoms with van der Waals surface area (Å²) in [6.07, 6.45) is 2.92. The van der Waals surface area contributed by atoms with Crippen molar-refractivity contribution in [2.45, 2.75) is 32.6 Å². The Balaban J connectivity index is 2.07. The van der Waals surface area contributed by atoms with Crippen LogP contribution in [0, 0.1) is 6.92 Å². The van der Waals surface area contributed by atoms with Gasteiger partial charge in [0.15, 0.2) is 0 Å². The van der Waals surface area contributed by atoms with Gasteiger partial charge in [-0.05, 0) is 31.5 Å². The van der Waals surface area contributed by atoms with Crippen LogP contribution in [0.25, 0.3) is 0 Å². The van der Waals surface area contributed by atoms with Crippen LogP contribution in [0.3, 0.4) is 0 Å². The van der Waals surface area contributed by atoms with Gasteiger partial charge in [0.25, 0.3) is 0 Å². The number of anilines is 1. The highest BCUT2D eigenvalue weighted by atomic mass is 15.4. The minimum atomic E-state index is 0.0563. The SMILES string of the molecule is C[NH2+]c1ccccc1C(C)(C)CC=NN(C)c1ccc(C)cc1. The van der Waals surface area contributed by atoms with Crippen molar-refractivity contribution in [3.8, 4) is 0 Å². The van der Waals surface area contributed by atoms with Gasteiger partial charge >= 0.3 is 0 Å². The molecule has 0 bridgehead atoms. The van der Waals surface area contributed by atoms with E-state index in [1.165, 1.54) is 16.8 Å². The zero-order chi connectivity index (χ0) is 16.9. The lowest BCUT2D eigenvalue weighted by Gasteiger charge is -2.24. The molecule has 2 N–H and O–H groups in total. The second-order valence-corrected chi connectivity index (χ2v) is 6.62. The fourth-order valence-electron chi connectivity index (χ4n) is 2.69. The summed E-state index contributed by atoms with van der Waals surface area (Å²) in [5.74, 6) is 0. The van der Waals surface area contributed by atoms with Crippen LogP contribution in [0.1, 0.15) is 31.4 Å². The van der Waals surface area contributed by atoms with Crippen molar-refractivity contribution in [1.82, 2.24) is 0 Å². The van der Waals surface area contributed by atoms with E-state index in [0.717, 1.165) is 12.1 Å². The maximum atomic E-state index is 4.59. The lowest BCUT2D eigenvalue weighted by atomic mass is 9.81. The van der Waals surface area contributed by atoms with E-state index in [1.807, 2.05) is 18.3 Å². The normalized spacial score (nSPS) is 11.9. The van der Waals surface area contributed by atoms with Crippen molar-refractivity contribution in [2.75, 3.05) is 19.1 Å². The Labute approximate surface area is 140 Å². The minimum absolute atomic E-state index is 0.0563. The maximum absolute atomic E-state index is 4.59. The Bertz CT molecular complexity index is 657. The fraction of sp³-hybridized carbons (Fsp3) is 0.350. The average molecular weight is 310 g/mol. The first-order valence-electron chi connectivity index (χ1n) is 8.16. The molecule has 2 aromatic rings. The van der Waals surface area contributed by atoms with Gasteiger partial charge in [-0.25, -0.2) is 0 Å². The molecule has 0 radical (unpaired) electrons. The van der Waals surface area contributed by atoms with E-state index in [4.69, 9.17) is 0 Å². The lowest BCUT2D eigenvalue weighted by Crippen LogP contribution is -2.73. The fourth-order valence-corrected chi connectivity index (χ4v) is 2.69. The van der Waals surface area contributed by atoms with Gasteiger partial charge in [0, 0.05) is 24.2 Å². The molecule has 0 atom stereocenters. The van der Waals surface area contributed by atoms with Crippen LogP contribution in [-0.4, -0.2) is 20.3 Å². The first kappa shape index (κ1) is 17.2. The molecule has 0 heterocycles. The summed E-state index contributed by atoms with van der Waals surface area (Å²) >= 11 is 0. The molecule has 0 amide bonds. The molecule has 0 fully saturated rings. The monoisotopic (exact) mass is 310 g/mol. The van der Waals surface area contributed by atoms with Crippen molar-refractivity contribution >= 4 is 17.6 Å². The molecule has 122 valence electrons. The molecule has 0 unspecified atom stereocenters. The predicted octanol–water partition coefficient (Wildman–Crippen LogP) is 3.61. The molecule has 0 aromatic heterocycles. The molecule has 0 aliphatic heterocycles. The average Bonchev–Trinajstić information content (AvgIpc) is 2.55. The molecule has 0 aliphatic rings. The van der Waals surface area contributed by atoms with Crippen LogP contribution < -0.4 is 10.3 Å². The van der Waals surface area contributed by atoms with Gasteiger partial charge in [-0.15, -0.1) is 0 Å². The second kappa shape index (κ2) is 7.42. The summed E-state index contributed by atoms with van der Waals surface area (Å²) in [5, 5.41) is 8.69. The van der Waals surface area contributed by atoms with Crippen molar-refractivity contribution < 1.29 is 5.32 Å². The standard InChI is InChI=1S/C20H27N3/c1-16-10-12-17(13-11-16)23(5)22-15-14-20(2,3)18-8-6-7-9-19(18)21-4/h6-13,15,21H,14H2,1-5H3/p+1. The van der Waals surface area contributed by atoms with Crippen LogP contribution in [0.2, 0.25) is 0 Å². The summed E-state index contributed by atoms with van der Waals surface area (Å²) in [7, 11) is 4.08. The minimum Gasteiger partial charge on any atom is -0.316 e. The number of hydrazone groups is 1. The van der Waals surface area contributed by atoms with E-state index >= 15 is 0 Å². The third-order valence-electron chi connectivity index (χ3n) is 4.27. The van der Waals surface area contributed by atoms with Crippen LogP contribution in [0.4, 0.5) is 11.4 Å². The van der Waals surface area contributed by atoms with E-state index in [0.29, 0.717) is 0 Å². The number of nitrogens with two attached hydrogens (primary N) is 1. The maximum Gasteiger partial charge on any atom is 0.133 e. The van der Waals surface area contributed by atoms with E-state index < -0.39 is 0 Å². The van der Waals surface area contributed by atoms with Crippen molar-refractivity contribution in [3.05, 3.63) is 59.7 Å². The molecule has 23 heavy (non-hydrogen) atoms. The molecule has 0 spiro atoms. The van der Waals surface area contributed by atoms with E-state index in [-0.39, 0.29) is 5.41 Å². The first-order valence-corrected chi connectivity index (χ1v) is 8.16. The third kappa shape index (κ3) is 4.42. The molecule has 2 aromatic carbocycles. The number of para-hydroxylation sites is 1. The number of hydrogen-bond donors (Lipinski definition) is 1. The van der Waals surface area contributed by atoms with Gasteiger partial charge in [-0.2, -0.15) is 5.10 Å². The second-order valence-electron chi connectivity index (χ2n) is 6.62. The third-order valence-corrected chi connectivity index (χ3v) is 4.27. The number of aryl methyl sites for hydroxylation is 1. The van der Waals surface area contributed by atoms with Gasteiger partial charge < -0.3 is 5.32 Å². The van der Waals surface area contributed by atoms with Crippen molar-refractivity contribution in [2.24, 2.45) is 5.10 Å². The van der Waals surface area contributed by atoms with Gasteiger partial charge in [0.1, 0.15) is 5.69 Å². The molecular formula is C20H28N3+. The number of quaternary nitrogens is 1. The molecule has 0 aliphatic carbocycles. The van der Waals surface area contributed by atoms with Crippen molar-refractivity contribution in [1.29, 1.82) is 0 Å². The van der Waals surface area contributed by atoms with E-state index in [2.05, 4.69) is 86.8 Å². The smallest absolute Gasteiger partial charge is 0.133 e. The summed E-state index contributed by atoms with van der Waals surface area (Å²) in [6, 6.07) is 17.0. The zero-order valence-corrected chi connectivity index (χ0v) is 14.9. The highest BCUT2D eigenvalue weighted by Gasteiger charge is 2.24. The Kier molecular flexibility index (Phi) is 5.56. The molecule has 0 saturated heterocycles. The Morgan fingerprint density at radius 3 is 2.39 bits per heavy atom. The van der Waals surface area contributed by atoms with E-state index in [9.17, 15) is 0 Å². The molecule has 0 saturated carbocycles. The number of hydrogen-bond acceptors (Lipinski definition) is 2. The quantitative estimate of drug-likeness (QED) is 0.493.